The Morgan fingerprint density at radius 1 is 1.47 bits per heavy atom. The van der Waals surface area contributed by atoms with Crippen LogP contribution in [-0.2, 0) is 14.8 Å². The maximum atomic E-state index is 12.5. The number of benzene rings is 1. The highest BCUT2D eigenvalue weighted by Crippen LogP contribution is 2.22. The minimum Gasteiger partial charge on any atom is -0.399 e. The second-order valence-corrected chi connectivity index (χ2v) is 6.72. The van der Waals surface area contributed by atoms with Crippen molar-refractivity contribution in [1.82, 2.24) is 4.31 Å². The fraction of sp³-hybridized carbons (Fsp3) is 0.538. The first-order valence-corrected chi connectivity index (χ1v) is 7.87. The molecule has 0 amide bonds. The van der Waals surface area contributed by atoms with E-state index in [1.165, 1.54) is 4.31 Å². The number of aryl methyl sites for hydroxylation is 1. The van der Waals surface area contributed by atoms with Gasteiger partial charge in [-0.15, -0.1) is 0 Å². The van der Waals surface area contributed by atoms with Crippen LogP contribution in [-0.4, -0.2) is 38.5 Å². The highest BCUT2D eigenvalue weighted by atomic mass is 32.2. The molecule has 0 radical (unpaired) electrons. The van der Waals surface area contributed by atoms with Gasteiger partial charge in [0.2, 0.25) is 10.0 Å². The van der Waals surface area contributed by atoms with Crippen LogP contribution in [0.15, 0.2) is 23.1 Å². The summed E-state index contributed by atoms with van der Waals surface area (Å²) in [5.41, 5.74) is 7.11. The third-order valence-electron chi connectivity index (χ3n) is 3.44. The van der Waals surface area contributed by atoms with Crippen molar-refractivity contribution >= 4 is 15.7 Å². The molecule has 1 heterocycles. The van der Waals surface area contributed by atoms with Crippen LogP contribution >= 0.6 is 0 Å². The van der Waals surface area contributed by atoms with E-state index in [9.17, 15) is 8.42 Å². The highest BCUT2D eigenvalue weighted by Gasteiger charge is 2.30. The largest absolute Gasteiger partial charge is 0.399 e. The average Bonchev–Trinajstić information content (AvgIpc) is 2.41. The lowest BCUT2D eigenvalue weighted by Gasteiger charge is -2.31. The Morgan fingerprint density at radius 3 is 2.84 bits per heavy atom. The Kier molecular flexibility index (Phi) is 4.13. The number of anilines is 1. The number of nitrogens with two attached hydrogens (primary N) is 1. The van der Waals surface area contributed by atoms with E-state index in [4.69, 9.17) is 10.5 Å². The number of morpholine rings is 1. The first-order valence-electron chi connectivity index (χ1n) is 6.43. The van der Waals surface area contributed by atoms with Crippen LogP contribution < -0.4 is 5.73 Å². The second kappa shape index (κ2) is 5.48. The Hall–Kier alpha value is -1.11. The van der Waals surface area contributed by atoms with E-state index < -0.39 is 10.0 Å². The van der Waals surface area contributed by atoms with Gasteiger partial charge in [-0.25, -0.2) is 8.42 Å². The Labute approximate surface area is 114 Å². The maximum Gasteiger partial charge on any atom is 0.243 e. The number of nitrogens with zero attached hydrogens (tertiary/aromatic N) is 1. The van der Waals surface area contributed by atoms with Crippen LogP contribution in [0.3, 0.4) is 0 Å². The molecule has 106 valence electrons. The molecular weight excluding hydrogens is 264 g/mol. The second-order valence-electron chi connectivity index (χ2n) is 4.78. The minimum atomic E-state index is -3.45. The van der Waals surface area contributed by atoms with Gasteiger partial charge in [-0.3, -0.25) is 0 Å². The first-order chi connectivity index (χ1) is 8.95. The number of ether oxygens (including phenoxy) is 1. The third kappa shape index (κ3) is 2.91. The summed E-state index contributed by atoms with van der Waals surface area (Å²) in [5.74, 6) is 0. The molecule has 6 heteroatoms. The molecule has 0 aromatic heterocycles. The minimum absolute atomic E-state index is 0.0154. The smallest absolute Gasteiger partial charge is 0.243 e. The number of nitrogen functional groups attached to an aromatic ring is 1. The van der Waals surface area contributed by atoms with E-state index in [1.807, 2.05) is 13.8 Å². The highest BCUT2D eigenvalue weighted by molar-refractivity contribution is 7.89. The Morgan fingerprint density at radius 2 is 2.21 bits per heavy atom. The summed E-state index contributed by atoms with van der Waals surface area (Å²) < 4.78 is 32.1. The molecule has 1 atom stereocenters. The van der Waals surface area contributed by atoms with Crippen LogP contribution in [0.5, 0.6) is 0 Å². The first kappa shape index (κ1) is 14.3. The molecule has 1 unspecified atom stereocenters. The number of hydrogen-bond acceptors (Lipinski definition) is 4. The summed E-state index contributed by atoms with van der Waals surface area (Å²) in [6.07, 6.45) is 0.797. The van der Waals surface area contributed by atoms with Gasteiger partial charge in [0.25, 0.3) is 0 Å². The molecular formula is C13H20N2O3S. The summed E-state index contributed by atoms with van der Waals surface area (Å²) in [6.45, 7) is 5.08. The average molecular weight is 284 g/mol. The van der Waals surface area contributed by atoms with Crippen LogP contribution in [0.25, 0.3) is 0 Å². The van der Waals surface area contributed by atoms with Crippen molar-refractivity contribution in [2.24, 2.45) is 0 Å². The number of sulfonamides is 1. The maximum absolute atomic E-state index is 12.5. The van der Waals surface area contributed by atoms with E-state index in [0.717, 1.165) is 12.0 Å². The summed E-state index contributed by atoms with van der Waals surface area (Å²) >= 11 is 0. The van der Waals surface area contributed by atoms with Crippen molar-refractivity contribution in [3.05, 3.63) is 23.8 Å². The van der Waals surface area contributed by atoms with Crippen molar-refractivity contribution in [2.45, 2.75) is 31.3 Å². The number of rotatable bonds is 3. The molecule has 2 rings (SSSR count). The quantitative estimate of drug-likeness (QED) is 0.851. The molecule has 1 aliphatic heterocycles. The molecule has 19 heavy (non-hydrogen) atoms. The molecule has 0 bridgehead atoms. The van der Waals surface area contributed by atoms with Crippen LogP contribution in [0.1, 0.15) is 18.9 Å². The zero-order valence-electron chi connectivity index (χ0n) is 11.3. The van der Waals surface area contributed by atoms with Gasteiger partial charge in [0, 0.05) is 18.8 Å². The van der Waals surface area contributed by atoms with Gasteiger partial charge >= 0.3 is 0 Å². The van der Waals surface area contributed by atoms with E-state index in [1.54, 1.807) is 18.2 Å². The van der Waals surface area contributed by atoms with Crippen LogP contribution in [0.4, 0.5) is 5.69 Å². The predicted octanol–water partition coefficient (Wildman–Crippen LogP) is 1.38. The lowest BCUT2D eigenvalue weighted by atomic mass is 10.2. The van der Waals surface area contributed by atoms with Gasteiger partial charge in [0.1, 0.15) is 0 Å². The van der Waals surface area contributed by atoms with Crippen molar-refractivity contribution in [2.75, 3.05) is 25.4 Å². The zero-order chi connectivity index (χ0) is 14.0. The van der Waals surface area contributed by atoms with Gasteiger partial charge in [-0.1, -0.05) is 6.92 Å². The SMILES string of the molecule is CCC1CN(S(=O)(=O)c2ccc(N)c(C)c2)CCO1. The number of hydrogen-bond donors (Lipinski definition) is 1. The molecule has 1 aliphatic rings. The zero-order valence-corrected chi connectivity index (χ0v) is 12.1. The van der Waals surface area contributed by atoms with E-state index in [2.05, 4.69) is 0 Å². The van der Waals surface area contributed by atoms with Crippen LogP contribution in [0.2, 0.25) is 0 Å². The molecule has 0 aliphatic carbocycles. The topological polar surface area (TPSA) is 72.6 Å². The standard InChI is InChI=1S/C13H20N2O3S/c1-3-11-9-15(6-7-18-11)19(16,17)12-4-5-13(14)10(2)8-12/h4-5,8,11H,3,6-7,9,14H2,1-2H3. The summed E-state index contributed by atoms with van der Waals surface area (Å²) in [7, 11) is -3.45. The molecule has 2 N–H and O–H groups in total. The molecule has 0 spiro atoms. The normalized spacial score (nSPS) is 21.5. The van der Waals surface area contributed by atoms with E-state index >= 15 is 0 Å². The third-order valence-corrected chi connectivity index (χ3v) is 5.30. The van der Waals surface area contributed by atoms with E-state index in [0.29, 0.717) is 30.3 Å². The van der Waals surface area contributed by atoms with Crippen molar-refractivity contribution in [1.29, 1.82) is 0 Å². The summed E-state index contributed by atoms with van der Waals surface area (Å²) in [6, 6.07) is 4.83. The van der Waals surface area contributed by atoms with Crippen molar-refractivity contribution in [3.8, 4) is 0 Å². The van der Waals surface area contributed by atoms with Gasteiger partial charge < -0.3 is 10.5 Å². The summed E-state index contributed by atoms with van der Waals surface area (Å²) in [4.78, 5) is 0.302. The van der Waals surface area contributed by atoms with Gasteiger partial charge in [0.15, 0.2) is 0 Å². The van der Waals surface area contributed by atoms with Crippen molar-refractivity contribution < 1.29 is 13.2 Å². The van der Waals surface area contributed by atoms with Crippen LogP contribution in [0, 0.1) is 6.92 Å². The molecule has 1 aromatic rings. The monoisotopic (exact) mass is 284 g/mol. The van der Waals surface area contributed by atoms with Gasteiger partial charge in [-0.05, 0) is 37.1 Å². The molecule has 0 saturated carbocycles. The lowest BCUT2D eigenvalue weighted by molar-refractivity contribution is -0.00277. The fourth-order valence-corrected chi connectivity index (χ4v) is 3.66. The molecule has 1 saturated heterocycles. The lowest BCUT2D eigenvalue weighted by Crippen LogP contribution is -2.45. The molecule has 5 nitrogen and oxygen atoms in total. The van der Waals surface area contributed by atoms with Gasteiger partial charge in [-0.2, -0.15) is 4.31 Å². The fourth-order valence-electron chi connectivity index (χ4n) is 2.12. The Bertz CT molecular complexity index is 557. The van der Waals surface area contributed by atoms with E-state index in [-0.39, 0.29) is 6.10 Å². The molecule has 1 fully saturated rings. The van der Waals surface area contributed by atoms with Gasteiger partial charge in [0.05, 0.1) is 17.6 Å². The van der Waals surface area contributed by atoms with Crippen molar-refractivity contribution in [3.63, 3.8) is 0 Å². The predicted molar refractivity (Wildman–Crippen MR) is 74.4 cm³/mol. The molecule has 1 aromatic carbocycles. The summed E-state index contributed by atoms with van der Waals surface area (Å²) in [5, 5.41) is 0. The Balaban J connectivity index is 2.28.